The topological polar surface area (TPSA) is 177 Å². The Labute approximate surface area is 443 Å². The minimum Gasteiger partial charge on any atom is -0.494 e. The number of aromatic nitrogens is 2. The van der Waals surface area contributed by atoms with Gasteiger partial charge in [0.2, 0.25) is 0 Å². The van der Waals surface area contributed by atoms with E-state index in [0.717, 1.165) is 95.5 Å². The highest BCUT2D eigenvalue weighted by atomic mass is 16.6. The van der Waals surface area contributed by atoms with Gasteiger partial charge in [0.25, 0.3) is 0 Å². The van der Waals surface area contributed by atoms with Gasteiger partial charge in [-0.15, -0.1) is 0 Å². The quantitative estimate of drug-likeness (QED) is 0.00947. The van der Waals surface area contributed by atoms with Crippen LogP contribution in [0.2, 0.25) is 0 Å². The molecule has 0 saturated carbocycles. The van der Waals surface area contributed by atoms with Crippen LogP contribution in [0.4, 0.5) is 0 Å². The van der Waals surface area contributed by atoms with Crippen molar-refractivity contribution >= 4 is 67.5 Å². The van der Waals surface area contributed by atoms with Gasteiger partial charge in [0.1, 0.15) is 35.4 Å². The molecule has 76 heavy (non-hydrogen) atoms. The van der Waals surface area contributed by atoms with Crippen LogP contribution in [-0.2, 0) is 51.0 Å². The number of unbranched alkanes of at least 4 members (excludes halogenated alkanes) is 6. The molecular weight excluding hydrogens is 969 g/mol. The maximum atomic E-state index is 13.3. The summed E-state index contributed by atoms with van der Waals surface area (Å²) in [5.41, 5.74) is 4.34. The summed E-state index contributed by atoms with van der Waals surface area (Å²) in [6.45, 7) is 10.4. The number of rotatable bonds is 33. The fourth-order valence-corrected chi connectivity index (χ4v) is 8.32. The third-order valence-electron chi connectivity index (χ3n) is 12.3. The molecule has 15 nitrogen and oxygen atoms in total. The molecule has 398 valence electrons. The smallest absolute Gasteiger partial charge is 0.330 e. The molecule has 0 unspecified atom stereocenters. The first-order valence-electron chi connectivity index (χ1n) is 25.9. The molecular formula is C61H66N2O13. The van der Waals surface area contributed by atoms with Crippen LogP contribution in [0, 0.1) is 0 Å². The molecule has 0 radical (unpaired) electrons. The summed E-state index contributed by atoms with van der Waals surface area (Å²) < 4.78 is 50.3. The van der Waals surface area contributed by atoms with Crippen LogP contribution in [0.5, 0.6) is 28.7 Å². The van der Waals surface area contributed by atoms with Crippen LogP contribution in [0.3, 0.4) is 0 Å². The number of benzene rings is 6. The lowest BCUT2D eigenvalue weighted by Crippen LogP contribution is -2.10. The van der Waals surface area contributed by atoms with E-state index < -0.39 is 11.9 Å². The van der Waals surface area contributed by atoms with Crippen molar-refractivity contribution in [3.63, 3.8) is 0 Å². The zero-order chi connectivity index (χ0) is 53.3. The third kappa shape index (κ3) is 17.4. The van der Waals surface area contributed by atoms with Gasteiger partial charge in [-0.2, -0.15) is 0 Å². The molecule has 0 atom stereocenters. The first-order valence-corrected chi connectivity index (χ1v) is 25.9. The van der Waals surface area contributed by atoms with Gasteiger partial charge in [-0.3, -0.25) is 9.59 Å². The highest BCUT2D eigenvalue weighted by molar-refractivity contribution is 6.24. The number of hydrogen-bond acceptors (Lipinski definition) is 15. The monoisotopic (exact) mass is 1030 g/mol. The average Bonchev–Trinajstić information content (AvgIpc) is 3.57. The lowest BCUT2D eigenvalue weighted by molar-refractivity contribution is -0.138. The number of carbonyl (C=O) groups is 4. The van der Waals surface area contributed by atoms with Crippen molar-refractivity contribution in [2.45, 2.75) is 77.0 Å². The molecule has 7 aromatic rings. The molecule has 7 rings (SSSR count). The number of ether oxygens (including phenoxy) is 9. The highest BCUT2D eigenvalue weighted by Crippen LogP contribution is 2.38. The second kappa shape index (κ2) is 29.9. The first kappa shape index (κ1) is 55.9. The lowest BCUT2D eigenvalue weighted by atomic mass is 9.98. The molecule has 0 spiro atoms. The third-order valence-corrected chi connectivity index (χ3v) is 12.3. The Hall–Kier alpha value is -7.88. The van der Waals surface area contributed by atoms with Crippen LogP contribution in [0.1, 0.15) is 75.3 Å². The van der Waals surface area contributed by atoms with Crippen LogP contribution in [-0.4, -0.2) is 93.8 Å². The van der Waals surface area contributed by atoms with E-state index in [1.54, 1.807) is 19.2 Å². The van der Waals surface area contributed by atoms with Crippen LogP contribution in [0.15, 0.2) is 128 Å². The van der Waals surface area contributed by atoms with E-state index in [-0.39, 0.29) is 24.8 Å². The van der Waals surface area contributed by atoms with Gasteiger partial charge in [0.15, 0.2) is 0 Å². The average molecular weight is 1040 g/mol. The van der Waals surface area contributed by atoms with E-state index in [4.69, 9.17) is 52.6 Å². The van der Waals surface area contributed by atoms with Gasteiger partial charge in [-0.05, 0) is 159 Å². The number of esters is 4. The van der Waals surface area contributed by atoms with Gasteiger partial charge >= 0.3 is 23.9 Å². The first-order chi connectivity index (χ1) is 37.2. The zero-order valence-corrected chi connectivity index (χ0v) is 43.2. The Morgan fingerprint density at radius 3 is 1.36 bits per heavy atom. The molecule has 0 amide bonds. The second-order valence-electron chi connectivity index (χ2n) is 17.9. The molecule has 0 aliphatic heterocycles. The van der Waals surface area contributed by atoms with Crippen molar-refractivity contribution < 1.29 is 61.8 Å². The Bertz CT molecular complexity index is 3070. The molecule has 0 aliphatic carbocycles. The Morgan fingerprint density at radius 2 is 0.868 bits per heavy atom. The van der Waals surface area contributed by atoms with E-state index >= 15 is 0 Å². The molecule has 1 aromatic heterocycles. The summed E-state index contributed by atoms with van der Waals surface area (Å²) in [5.74, 6) is 1.31. The van der Waals surface area contributed by atoms with Crippen molar-refractivity contribution in [1.82, 2.24) is 9.97 Å². The number of fused-ring (bicyclic) bond motifs is 7. The Balaban J connectivity index is 0.989. The van der Waals surface area contributed by atoms with Crippen LogP contribution < -0.4 is 23.7 Å². The van der Waals surface area contributed by atoms with Crippen molar-refractivity contribution in [3.05, 3.63) is 140 Å². The van der Waals surface area contributed by atoms with E-state index in [1.165, 1.54) is 12.2 Å². The molecule has 0 fully saturated rings. The normalized spacial score (nSPS) is 11.1. The Morgan fingerprint density at radius 1 is 0.434 bits per heavy atom. The summed E-state index contributed by atoms with van der Waals surface area (Å²) in [4.78, 5) is 59.2. The van der Waals surface area contributed by atoms with E-state index in [0.29, 0.717) is 105 Å². The minimum atomic E-state index is -0.400. The fraction of sp³-hybridized carbons (Fsp3) is 0.344. The summed E-state index contributed by atoms with van der Waals surface area (Å²) in [6, 6.07) is 32.0. The van der Waals surface area contributed by atoms with Crippen molar-refractivity contribution in [1.29, 1.82) is 0 Å². The maximum absolute atomic E-state index is 13.3. The predicted molar refractivity (Wildman–Crippen MR) is 291 cm³/mol. The molecule has 15 heteroatoms. The summed E-state index contributed by atoms with van der Waals surface area (Å²) in [6.07, 6.45) is 10.8. The van der Waals surface area contributed by atoms with Crippen molar-refractivity contribution in [3.8, 4) is 28.7 Å². The fourth-order valence-electron chi connectivity index (χ4n) is 8.32. The molecule has 0 N–H and O–H groups in total. The van der Waals surface area contributed by atoms with E-state index in [9.17, 15) is 19.2 Å². The van der Waals surface area contributed by atoms with Gasteiger partial charge in [-0.1, -0.05) is 37.4 Å². The molecule has 0 saturated heterocycles. The van der Waals surface area contributed by atoms with E-state index in [2.05, 4.69) is 13.2 Å². The molecule has 6 aromatic carbocycles. The predicted octanol–water partition coefficient (Wildman–Crippen LogP) is 11.5. The second-order valence-corrected chi connectivity index (χ2v) is 17.9. The summed E-state index contributed by atoms with van der Waals surface area (Å²) >= 11 is 0. The SMILES string of the molecule is C=CC(=O)OCCCCCCOc1ccc(CCC(=O)Oc2ccc3c4ccc(OC(=O)CCc5ccc(OCCCCCCOC(=O)C=C)cc5)cc4c4nc5cc(OCCOCCOC)ccc5nc4c3c2)cc1. The summed E-state index contributed by atoms with van der Waals surface area (Å²) in [5, 5.41) is 3.17. The lowest BCUT2D eigenvalue weighted by Gasteiger charge is -2.14. The maximum Gasteiger partial charge on any atom is 0.330 e. The molecule has 0 aliphatic rings. The standard InChI is InChI=1S/C61H66N2O13/c1-4-56(64)73-34-12-8-6-10-32-70-45-20-14-43(15-21-45)18-30-58(66)75-48-24-27-50-51-28-25-49(76-59(67)31-19-44-16-22-46(23-17-44)71-33-11-7-9-13-35-74-57(65)5-2)41-53(51)61-60(52(50)40-48)62-54-29-26-47(42-55(54)63-61)72-39-38-69-37-36-68-3/h4-5,14-17,20-29,40-42H,1-2,6-13,18-19,30-39H2,3H3. The van der Waals surface area contributed by atoms with Gasteiger partial charge in [0.05, 0.1) is 68.3 Å². The minimum absolute atomic E-state index is 0.161. The molecule has 1 heterocycles. The van der Waals surface area contributed by atoms with Crippen LogP contribution in [0.25, 0.3) is 43.6 Å². The molecule has 0 bridgehead atoms. The number of carbonyl (C=O) groups excluding carboxylic acids is 4. The van der Waals surface area contributed by atoms with Crippen molar-refractivity contribution in [2.24, 2.45) is 0 Å². The van der Waals surface area contributed by atoms with Gasteiger partial charge in [-0.25, -0.2) is 19.6 Å². The van der Waals surface area contributed by atoms with Gasteiger partial charge in [0, 0.05) is 48.9 Å². The van der Waals surface area contributed by atoms with Gasteiger partial charge < -0.3 is 42.6 Å². The number of aryl methyl sites for hydroxylation is 2. The Kier molecular flexibility index (Phi) is 22.0. The summed E-state index contributed by atoms with van der Waals surface area (Å²) in [7, 11) is 1.62. The van der Waals surface area contributed by atoms with E-state index in [1.807, 2.05) is 91.0 Å². The number of hydrogen-bond donors (Lipinski definition) is 0. The van der Waals surface area contributed by atoms with Crippen molar-refractivity contribution in [2.75, 3.05) is 60.0 Å². The van der Waals surface area contributed by atoms with Crippen LogP contribution >= 0.6 is 0 Å². The number of methoxy groups -OCH3 is 1. The zero-order valence-electron chi connectivity index (χ0n) is 43.2. The number of nitrogens with zero attached hydrogens (tertiary/aromatic N) is 2. The highest BCUT2D eigenvalue weighted by Gasteiger charge is 2.17. The largest absolute Gasteiger partial charge is 0.494 e.